The molecule has 6 nitrogen and oxygen atoms in total. The van der Waals surface area contributed by atoms with Crippen molar-refractivity contribution in [3.63, 3.8) is 0 Å². The first-order valence-electron chi connectivity index (χ1n) is 34.4. The number of hydrogen-bond donors (Lipinski definition) is 0. The van der Waals surface area contributed by atoms with Crippen LogP contribution < -0.4 is 0 Å². The highest BCUT2D eigenvalue weighted by molar-refractivity contribution is 5.71. The molecule has 0 radical (unpaired) electrons. The van der Waals surface area contributed by atoms with Crippen LogP contribution in [-0.2, 0) is 28.6 Å². The molecule has 0 aromatic heterocycles. The molecule has 0 bridgehead atoms. The van der Waals surface area contributed by atoms with Crippen LogP contribution >= 0.6 is 0 Å². The zero-order valence-electron chi connectivity index (χ0n) is 52.6. The number of hydrogen-bond acceptors (Lipinski definition) is 6. The number of allylic oxidation sites excluding steroid dienone is 12. The molecular formula is C73H130O6. The van der Waals surface area contributed by atoms with E-state index in [4.69, 9.17) is 14.2 Å². The van der Waals surface area contributed by atoms with Crippen LogP contribution in [-0.4, -0.2) is 37.2 Å². The van der Waals surface area contributed by atoms with Crippen LogP contribution in [0, 0.1) is 0 Å². The number of carbonyl (C=O) groups is 3. The molecule has 0 saturated heterocycles. The summed E-state index contributed by atoms with van der Waals surface area (Å²) < 4.78 is 16.9. The maximum atomic E-state index is 12.9. The van der Waals surface area contributed by atoms with Gasteiger partial charge < -0.3 is 14.2 Å². The second-order valence-corrected chi connectivity index (χ2v) is 23.1. The predicted molar refractivity (Wildman–Crippen MR) is 344 cm³/mol. The van der Waals surface area contributed by atoms with Gasteiger partial charge in [0.05, 0.1) is 0 Å². The van der Waals surface area contributed by atoms with Gasteiger partial charge in [0.15, 0.2) is 6.10 Å². The third kappa shape index (κ3) is 65.5. The zero-order valence-corrected chi connectivity index (χ0v) is 52.6. The summed E-state index contributed by atoms with van der Waals surface area (Å²) in [5.74, 6) is -0.877. The van der Waals surface area contributed by atoms with Crippen LogP contribution in [0.15, 0.2) is 72.9 Å². The maximum absolute atomic E-state index is 12.9. The molecule has 6 heteroatoms. The van der Waals surface area contributed by atoms with Gasteiger partial charge in [-0.05, 0) is 83.5 Å². The molecule has 0 saturated carbocycles. The van der Waals surface area contributed by atoms with Gasteiger partial charge in [-0.3, -0.25) is 14.4 Å². The highest BCUT2D eigenvalue weighted by Crippen LogP contribution is 2.18. The summed E-state index contributed by atoms with van der Waals surface area (Å²) in [7, 11) is 0. The monoisotopic (exact) mass is 1100 g/mol. The third-order valence-electron chi connectivity index (χ3n) is 15.2. The van der Waals surface area contributed by atoms with Gasteiger partial charge in [-0.15, -0.1) is 0 Å². The van der Waals surface area contributed by atoms with E-state index in [1.54, 1.807) is 0 Å². The number of rotatable bonds is 63. The molecule has 0 aliphatic heterocycles. The summed E-state index contributed by atoms with van der Waals surface area (Å²) in [6, 6.07) is 0. The van der Waals surface area contributed by atoms with Crippen molar-refractivity contribution in [3.05, 3.63) is 72.9 Å². The van der Waals surface area contributed by atoms with Gasteiger partial charge in [-0.1, -0.05) is 325 Å². The molecule has 0 amide bonds. The second kappa shape index (κ2) is 67.4. The number of unbranched alkanes of at least 4 members (excludes halogenated alkanes) is 40. The molecule has 0 heterocycles. The molecule has 1 atom stereocenters. The van der Waals surface area contributed by atoms with Gasteiger partial charge >= 0.3 is 17.9 Å². The third-order valence-corrected chi connectivity index (χ3v) is 15.2. The smallest absolute Gasteiger partial charge is 0.306 e. The van der Waals surface area contributed by atoms with E-state index >= 15 is 0 Å². The van der Waals surface area contributed by atoms with Crippen LogP contribution in [0.25, 0.3) is 0 Å². The predicted octanol–water partition coefficient (Wildman–Crippen LogP) is 23.7. The van der Waals surface area contributed by atoms with E-state index < -0.39 is 6.10 Å². The topological polar surface area (TPSA) is 78.9 Å². The fraction of sp³-hybridized carbons (Fsp3) is 0.795. The Balaban J connectivity index is 4.19. The van der Waals surface area contributed by atoms with Gasteiger partial charge in [0, 0.05) is 19.3 Å². The molecule has 0 spiro atoms. The fourth-order valence-corrected chi connectivity index (χ4v) is 10.1. The quantitative estimate of drug-likeness (QED) is 0.0261. The molecule has 0 fully saturated rings. The average molecular weight is 1100 g/mol. The highest BCUT2D eigenvalue weighted by atomic mass is 16.6. The molecule has 0 N–H and O–H groups in total. The molecule has 79 heavy (non-hydrogen) atoms. The van der Waals surface area contributed by atoms with Gasteiger partial charge in [0.2, 0.25) is 0 Å². The summed E-state index contributed by atoms with van der Waals surface area (Å²) in [4.78, 5) is 38.3. The summed E-state index contributed by atoms with van der Waals surface area (Å²) in [6.45, 7) is 6.50. The van der Waals surface area contributed by atoms with Crippen molar-refractivity contribution >= 4 is 17.9 Å². The van der Waals surface area contributed by atoms with E-state index in [9.17, 15) is 14.4 Å². The van der Waals surface area contributed by atoms with Crippen molar-refractivity contribution in [2.24, 2.45) is 0 Å². The summed E-state index contributed by atoms with van der Waals surface area (Å²) in [5.41, 5.74) is 0. The standard InChI is InChI=1S/C73H130O6/c1-4-7-10-13-16-19-22-24-26-28-30-32-34-36-38-39-41-43-45-47-49-51-54-57-60-63-66-72(75)78-69-70(68-77-71(74)65-62-59-56-53-21-18-15-12-9-6-3)79-73(76)67-64-61-58-55-52-50-48-46-44-42-40-37-35-33-31-29-27-25-23-20-17-14-11-8-5-2/h8,11-12,15,17,20,25,27,31,33,37,40,70H,4-7,9-10,13-14,16,18-19,21-24,26,28-30,32,34-36,38-39,41-69H2,1-3H3/b11-8-,15-12-,20-17-,27-25-,33-31-,40-37-. The van der Waals surface area contributed by atoms with Crippen molar-refractivity contribution in [1.29, 1.82) is 0 Å². The van der Waals surface area contributed by atoms with Gasteiger partial charge in [0.1, 0.15) is 13.2 Å². The van der Waals surface area contributed by atoms with Crippen LogP contribution in [0.5, 0.6) is 0 Å². The van der Waals surface area contributed by atoms with Crippen molar-refractivity contribution in [2.45, 2.75) is 361 Å². The Labute approximate surface area is 491 Å². The maximum Gasteiger partial charge on any atom is 0.306 e. The molecule has 458 valence electrons. The summed E-state index contributed by atoms with van der Waals surface area (Å²) in [6.07, 6.45) is 88.0. The molecule has 0 aromatic rings. The Morgan fingerprint density at radius 2 is 0.519 bits per heavy atom. The lowest BCUT2D eigenvalue weighted by molar-refractivity contribution is -0.167. The Morgan fingerprint density at radius 3 is 0.835 bits per heavy atom. The van der Waals surface area contributed by atoms with Crippen LogP contribution in [0.2, 0.25) is 0 Å². The number of esters is 3. The second-order valence-electron chi connectivity index (χ2n) is 23.1. The lowest BCUT2D eigenvalue weighted by Gasteiger charge is -2.18. The van der Waals surface area contributed by atoms with E-state index in [2.05, 4.69) is 93.7 Å². The van der Waals surface area contributed by atoms with Crippen LogP contribution in [0.4, 0.5) is 0 Å². The number of carbonyl (C=O) groups excluding carboxylic acids is 3. The van der Waals surface area contributed by atoms with Gasteiger partial charge in [0.25, 0.3) is 0 Å². The Hall–Kier alpha value is -3.15. The van der Waals surface area contributed by atoms with E-state index in [0.717, 1.165) is 109 Å². The first-order valence-corrected chi connectivity index (χ1v) is 34.4. The molecule has 0 aliphatic rings. The Morgan fingerprint density at radius 1 is 0.266 bits per heavy atom. The van der Waals surface area contributed by atoms with Crippen LogP contribution in [0.3, 0.4) is 0 Å². The van der Waals surface area contributed by atoms with Crippen molar-refractivity contribution in [2.75, 3.05) is 13.2 Å². The molecule has 0 aromatic carbocycles. The van der Waals surface area contributed by atoms with Gasteiger partial charge in [-0.2, -0.15) is 0 Å². The van der Waals surface area contributed by atoms with Gasteiger partial charge in [-0.25, -0.2) is 0 Å². The van der Waals surface area contributed by atoms with Crippen molar-refractivity contribution in [3.8, 4) is 0 Å². The minimum Gasteiger partial charge on any atom is -0.462 e. The SMILES string of the molecule is CC/C=C\C/C=C\C/C=C\C/C=C\C/C=C\CCCCCCCCCCCC(=O)OC(COC(=O)CCCCCCC/C=C\CCC)COC(=O)CCCCCCCCCCCCCCCCCCCCCCCCCCCC. The molecule has 0 rings (SSSR count). The zero-order chi connectivity index (χ0) is 57.1. The number of ether oxygens (including phenoxy) is 3. The van der Waals surface area contributed by atoms with E-state index in [1.165, 1.54) is 205 Å². The van der Waals surface area contributed by atoms with Crippen molar-refractivity contribution < 1.29 is 28.6 Å². The molecule has 1 unspecified atom stereocenters. The minimum absolute atomic E-state index is 0.0770. The highest BCUT2D eigenvalue weighted by Gasteiger charge is 2.19. The van der Waals surface area contributed by atoms with E-state index in [0.29, 0.717) is 19.3 Å². The van der Waals surface area contributed by atoms with Crippen molar-refractivity contribution in [1.82, 2.24) is 0 Å². The summed E-state index contributed by atoms with van der Waals surface area (Å²) in [5, 5.41) is 0. The molecular weight excluding hydrogens is 973 g/mol. The average Bonchev–Trinajstić information content (AvgIpc) is 3.45. The lowest BCUT2D eigenvalue weighted by Crippen LogP contribution is -2.30. The van der Waals surface area contributed by atoms with E-state index in [-0.39, 0.29) is 31.1 Å². The Kier molecular flexibility index (Phi) is 64.7. The fourth-order valence-electron chi connectivity index (χ4n) is 10.1. The minimum atomic E-state index is -0.781. The Bertz CT molecular complexity index is 1450. The summed E-state index contributed by atoms with van der Waals surface area (Å²) >= 11 is 0. The lowest BCUT2D eigenvalue weighted by atomic mass is 10.0. The first-order chi connectivity index (χ1) is 39.0. The largest absolute Gasteiger partial charge is 0.462 e. The van der Waals surface area contributed by atoms with Crippen LogP contribution in [0.1, 0.15) is 355 Å². The molecule has 0 aliphatic carbocycles. The first kappa shape index (κ1) is 75.8. The van der Waals surface area contributed by atoms with E-state index in [1.807, 2.05) is 0 Å². The normalized spacial score (nSPS) is 12.5.